The summed E-state index contributed by atoms with van der Waals surface area (Å²) in [5, 5.41) is 3.65. The summed E-state index contributed by atoms with van der Waals surface area (Å²) in [7, 11) is 0. The van der Waals surface area contributed by atoms with Crippen molar-refractivity contribution in [2.24, 2.45) is 0 Å². The van der Waals surface area contributed by atoms with Crippen LogP contribution in [0.15, 0.2) is 0 Å². The summed E-state index contributed by atoms with van der Waals surface area (Å²) in [4.78, 5) is 2.68. The van der Waals surface area contributed by atoms with Crippen LogP contribution in [0.3, 0.4) is 0 Å². The molecule has 3 aliphatic rings. The third kappa shape index (κ3) is 2.99. The van der Waals surface area contributed by atoms with E-state index >= 15 is 0 Å². The molecule has 1 saturated carbocycles. The van der Waals surface area contributed by atoms with Crippen LogP contribution in [0, 0.1) is 0 Å². The normalized spacial score (nSPS) is 39.7. The van der Waals surface area contributed by atoms with E-state index in [0.29, 0.717) is 6.04 Å². The minimum atomic E-state index is 0.258. The van der Waals surface area contributed by atoms with Gasteiger partial charge in [-0.2, -0.15) is 0 Å². The van der Waals surface area contributed by atoms with Crippen molar-refractivity contribution in [1.29, 1.82) is 0 Å². The molecule has 0 aromatic carbocycles. The number of likely N-dealkylation sites (tertiary alicyclic amines) is 1. The molecule has 98 valence electrons. The molecule has 3 fully saturated rings. The van der Waals surface area contributed by atoms with Crippen LogP contribution in [-0.4, -0.2) is 62.0 Å². The van der Waals surface area contributed by atoms with Crippen LogP contribution in [0.2, 0.25) is 0 Å². The van der Waals surface area contributed by atoms with Crippen LogP contribution in [0.5, 0.6) is 0 Å². The highest BCUT2D eigenvalue weighted by Crippen LogP contribution is 2.33. The number of hydrogen-bond acceptors (Lipinski definition) is 4. The number of nitrogens with zero attached hydrogens (tertiary/aromatic N) is 1. The molecule has 0 amide bonds. The average molecular weight is 240 g/mol. The lowest BCUT2D eigenvalue weighted by molar-refractivity contribution is -0.0869. The molecule has 0 radical (unpaired) electrons. The summed E-state index contributed by atoms with van der Waals surface area (Å²) in [6.45, 7) is 6.78. The van der Waals surface area contributed by atoms with Crippen LogP contribution in [-0.2, 0) is 9.47 Å². The van der Waals surface area contributed by atoms with E-state index in [0.717, 1.165) is 38.4 Å². The van der Waals surface area contributed by atoms with Crippen LogP contribution in [0.4, 0.5) is 0 Å². The topological polar surface area (TPSA) is 33.7 Å². The predicted molar refractivity (Wildman–Crippen MR) is 66.2 cm³/mol. The highest BCUT2D eigenvalue weighted by Gasteiger charge is 2.38. The molecule has 2 heterocycles. The summed E-state index contributed by atoms with van der Waals surface area (Å²) >= 11 is 0. The third-order valence-electron chi connectivity index (χ3n) is 4.16. The summed E-state index contributed by atoms with van der Waals surface area (Å²) in [5.74, 6) is 0. The largest absolute Gasteiger partial charge is 0.376 e. The molecule has 2 aliphatic heterocycles. The second kappa shape index (κ2) is 5.22. The second-order valence-corrected chi connectivity index (χ2v) is 5.69. The lowest BCUT2D eigenvalue weighted by atomic mass is 10.2. The maximum atomic E-state index is 5.65. The molecule has 1 N–H and O–H groups in total. The number of rotatable bonds is 4. The van der Waals surface area contributed by atoms with Crippen molar-refractivity contribution in [3.63, 3.8) is 0 Å². The van der Waals surface area contributed by atoms with Crippen LogP contribution >= 0.6 is 0 Å². The molecule has 0 aromatic rings. The fourth-order valence-corrected chi connectivity index (χ4v) is 3.07. The Kier molecular flexibility index (Phi) is 3.66. The van der Waals surface area contributed by atoms with Gasteiger partial charge in [0.15, 0.2) is 0 Å². The summed E-state index contributed by atoms with van der Waals surface area (Å²) in [6.07, 6.45) is 4.37. The predicted octanol–water partition coefficient (Wildman–Crippen LogP) is 0.617. The fourth-order valence-electron chi connectivity index (χ4n) is 3.07. The Morgan fingerprint density at radius 2 is 2.18 bits per heavy atom. The Labute approximate surface area is 104 Å². The quantitative estimate of drug-likeness (QED) is 0.781. The number of ether oxygens (including phenoxy) is 2. The van der Waals surface area contributed by atoms with Gasteiger partial charge in [-0.25, -0.2) is 0 Å². The van der Waals surface area contributed by atoms with Gasteiger partial charge in [-0.05, 0) is 26.2 Å². The van der Waals surface area contributed by atoms with E-state index < -0.39 is 0 Å². The molecule has 3 unspecified atom stereocenters. The molecule has 1 aliphatic carbocycles. The van der Waals surface area contributed by atoms with E-state index in [1.54, 1.807) is 0 Å². The SMILES string of the molecule is CC1CC(NCC2COCCO2)CN1C1CC1. The zero-order valence-corrected chi connectivity index (χ0v) is 10.7. The highest BCUT2D eigenvalue weighted by atomic mass is 16.6. The Morgan fingerprint density at radius 3 is 2.88 bits per heavy atom. The van der Waals surface area contributed by atoms with Crippen molar-refractivity contribution in [3.8, 4) is 0 Å². The first kappa shape index (κ1) is 11.9. The Hall–Kier alpha value is -0.160. The molecule has 17 heavy (non-hydrogen) atoms. The summed E-state index contributed by atoms with van der Waals surface area (Å²) in [5.41, 5.74) is 0. The van der Waals surface area contributed by atoms with E-state index in [4.69, 9.17) is 9.47 Å². The molecule has 4 heteroatoms. The minimum absolute atomic E-state index is 0.258. The Balaban J connectivity index is 1.40. The first-order chi connectivity index (χ1) is 8.33. The van der Waals surface area contributed by atoms with Gasteiger partial charge in [0.05, 0.1) is 25.9 Å². The number of hydrogen-bond donors (Lipinski definition) is 1. The molecule has 2 saturated heterocycles. The zero-order chi connectivity index (χ0) is 11.7. The van der Waals surface area contributed by atoms with Crippen molar-refractivity contribution in [2.75, 3.05) is 32.9 Å². The molecule has 0 spiro atoms. The second-order valence-electron chi connectivity index (χ2n) is 5.69. The van der Waals surface area contributed by atoms with E-state index in [-0.39, 0.29) is 6.10 Å². The smallest absolute Gasteiger partial charge is 0.0933 e. The van der Waals surface area contributed by atoms with Crippen LogP contribution in [0.25, 0.3) is 0 Å². The fraction of sp³-hybridized carbons (Fsp3) is 1.00. The van der Waals surface area contributed by atoms with Gasteiger partial charge in [-0.3, -0.25) is 4.90 Å². The van der Waals surface area contributed by atoms with Gasteiger partial charge in [0.1, 0.15) is 0 Å². The standard InChI is InChI=1S/C13H24N2O2/c1-10-6-11(8-15(10)12-2-3-12)14-7-13-9-16-4-5-17-13/h10-14H,2-9H2,1H3. The van der Waals surface area contributed by atoms with Crippen molar-refractivity contribution in [2.45, 2.75) is 50.4 Å². The van der Waals surface area contributed by atoms with Gasteiger partial charge in [-0.15, -0.1) is 0 Å². The van der Waals surface area contributed by atoms with Crippen LogP contribution in [0.1, 0.15) is 26.2 Å². The van der Waals surface area contributed by atoms with Gasteiger partial charge in [0.25, 0.3) is 0 Å². The molecule has 0 bridgehead atoms. The number of nitrogens with one attached hydrogen (secondary N) is 1. The van der Waals surface area contributed by atoms with Gasteiger partial charge in [0.2, 0.25) is 0 Å². The highest BCUT2D eigenvalue weighted by molar-refractivity contribution is 4.96. The Bertz CT molecular complexity index is 252. The van der Waals surface area contributed by atoms with Gasteiger partial charge < -0.3 is 14.8 Å². The van der Waals surface area contributed by atoms with Crippen molar-refractivity contribution in [1.82, 2.24) is 10.2 Å². The lowest BCUT2D eigenvalue weighted by Gasteiger charge is -2.25. The van der Waals surface area contributed by atoms with Gasteiger partial charge >= 0.3 is 0 Å². The summed E-state index contributed by atoms with van der Waals surface area (Å²) in [6, 6.07) is 2.30. The van der Waals surface area contributed by atoms with Crippen molar-refractivity contribution < 1.29 is 9.47 Å². The van der Waals surface area contributed by atoms with E-state index in [1.807, 2.05) is 0 Å². The van der Waals surface area contributed by atoms with Gasteiger partial charge in [0, 0.05) is 31.2 Å². The minimum Gasteiger partial charge on any atom is -0.376 e. The van der Waals surface area contributed by atoms with E-state index in [1.165, 1.54) is 25.8 Å². The first-order valence-corrected chi connectivity index (χ1v) is 7.01. The Morgan fingerprint density at radius 1 is 1.29 bits per heavy atom. The molecular formula is C13H24N2O2. The zero-order valence-electron chi connectivity index (χ0n) is 10.7. The first-order valence-electron chi connectivity index (χ1n) is 7.01. The average Bonchev–Trinajstić information content (AvgIpc) is 3.12. The maximum Gasteiger partial charge on any atom is 0.0933 e. The van der Waals surface area contributed by atoms with Crippen molar-refractivity contribution >= 4 is 0 Å². The third-order valence-corrected chi connectivity index (χ3v) is 4.16. The lowest BCUT2D eigenvalue weighted by Crippen LogP contribution is -2.42. The molecule has 0 aromatic heterocycles. The monoisotopic (exact) mass is 240 g/mol. The molecule has 3 rings (SSSR count). The van der Waals surface area contributed by atoms with E-state index in [2.05, 4.69) is 17.1 Å². The van der Waals surface area contributed by atoms with Crippen LogP contribution < -0.4 is 5.32 Å². The molecule has 3 atom stereocenters. The van der Waals surface area contributed by atoms with E-state index in [9.17, 15) is 0 Å². The summed E-state index contributed by atoms with van der Waals surface area (Å²) < 4.78 is 11.1. The maximum absolute atomic E-state index is 5.65. The van der Waals surface area contributed by atoms with Gasteiger partial charge in [-0.1, -0.05) is 0 Å². The molecular weight excluding hydrogens is 216 g/mol. The molecule has 4 nitrogen and oxygen atoms in total. The van der Waals surface area contributed by atoms with Crippen molar-refractivity contribution in [3.05, 3.63) is 0 Å².